The van der Waals surface area contributed by atoms with Gasteiger partial charge in [0, 0.05) is 13.2 Å². The van der Waals surface area contributed by atoms with Crippen molar-refractivity contribution in [3.63, 3.8) is 0 Å². The maximum atomic E-state index is 8.69. The Balaban J connectivity index is 2.08. The molecule has 0 amide bonds. The van der Waals surface area contributed by atoms with Crippen molar-refractivity contribution in [3.05, 3.63) is 0 Å². The quantitative estimate of drug-likeness (QED) is 0.654. The lowest BCUT2D eigenvalue weighted by Crippen LogP contribution is -2.35. The maximum Gasteiger partial charge on any atom is 0.0443 e. The van der Waals surface area contributed by atoms with Crippen LogP contribution >= 0.6 is 0 Å². The van der Waals surface area contributed by atoms with Crippen LogP contribution in [0, 0.1) is 5.92 Å². The van der Waals surface area contributed by atoms with Crippen LogP contribution in [0.4, 0.5) is 0 Å². The summed E-state index contributed by atoms with van der Waals surface area (Å²) in [5.74, 6) is 0.857. The van der Waals surface area contributed by atoms with Gasteiger partial charge >= 0.3 is 0 Å². The van der Waals surface area contributed by atoms with Crippen LogP contribution < -0.4 is 5.73 Å². The Kier molecular flexibility index (Phi) is 5.35. The van der Waals surface area contributed by atoms with E-state index in [4.69, 9.17) is 10.8 Å². The summed E-state index contributed by atoms with van der Waals surface area (Å²) in [7, 11) is 0. The predicted molar refractivity (Wildman–Crippen MR) is 54.5 cm³/mol. The van der Waals surface area contributed by atoms with Crippen molar-refractivity contribution in [2.24, 2.45) is 11.7 Å². The first kappa shape index (κ1) is 11.0. The van der Waals surface area contributed by atoms with E-state index in [0.717, 1.165) is 25.4 Å². The first-order valence-electron chi connectivity index (χ1n) is 5.40. The molecular weight excluding hydrogens is 164 g/mol. The van der Waals surface area contributed by atoms with Gasteiger partial charge in [-0.05, 0) is 51.2 Å². The van der Waals surface area contributed by atoms with Gasteiger partial charge in [0.15, 0.2) is 0 Å². The zero-order chi connectivity index (χ0) is 9.52. The van der Waals surface area contributed by atoms with Crippen LogP contribution in [0.3, 0.4) is 0 Å². The van der Waals surface area contributed by atoms with Gasteiger partial charge in [-0.2, -0.15) is 0 Å². The summed E-state index contributed by atoms with van der Waals surface area (Å²) in [4.78, 5) is 2.45. The van der Waals surface area contributed by atoms with E-state index < -0.39 is 0 Å². The lowest BCUT2D eigenvalue weighted by molar-refractivity contribution is 0.164. The topological polar surface area (TPSA) is 49.5 Å². The molecule has 0 aromatic rings. The SMILES string of the molecule is NCCC1CCN(CCCO)CC1. The Bertz CT molecular complexity index is 122. The van der Waals surface area contributed by atoms with Crippen molar-refractivity contribution < 1.29 is 5.11 Å². The molecule has 0 saturated carbocycles. The summed E-state index contributed by atoms with van der Waals surface area (Å²) >= 11 is 0. The van der Waals surface area contributed by atoms with Crippen LogP contribution in [0.2, 0.25) is 0 Å². The number of nitrogens with two attached hydrogens (primary N) is 1. The molecule has 13 heavy (non-hydrogen) atoms. The van der Waals surface area contributed by atoms with E-state index in [-0.39, 0.29) is 0 Å². The molecule has 0 unspecified atom stereocenters. The Labute approximate surface area is 80.9 Å². The Morgan fingerprint density at radius 2 is 2.00 bits per heavy atom. The Hall–Kier alpha value is -0.120. The van der Waals surface area contributed by atoms with Crippen LogP contribution in [0.25, 0.3) is 0 Å². The van der Waals surface area contributed by atoms with Gasteiger partial charge in [0.2, 0.25) is 0 Å². The smallest absolute Gasteiger partial charge is 0.0443 e. The molecule has 0 bridgehead atoms. The zero-order valence-electron chi connectivity index (χ0n) is 8.41. The van der Waals surface area contributed by atoms with Crippen LogP contribution in [-0.4, -0.2) is 42.8 Å². The molecule has 1 fully saturated rings. The van der Waals surface area contributed by atoms with Crippen molar-refractivity contribution in [2.75, 3.05) is 32.8 Å². The zero-order valence-corrected chi connectivity index (χ0v) is 8.41. The second kappa shape index (κ2) is 6.35. The van der Waals surface area contributed by atoms with Crippen molar-refractivity contribution in [3.8, 4) is 0 Å². The number of nitrogens with zero attached hydrogens (tertiary/aromatic N) is 1. The highest BCUT2D eigenvalue weighted by Gasteiger charge is 2.17. The Morgan fingerprint density at radius 1 is 1.31 bits per heavy atom. The minimum atomic E-state index is 0.322. The standard InChI is InChI=1S/C10H22N2O/c11-5-2-10-3-7-12(8-4-10)6-1-9-13/h10,13H,1-9,11H2. The fourth-order valence-electron chi connectivity index (χ4n) is 2.03. The highest BCUT2D eigenvalue weighted by atomic mass is 16.3. The average Bonchev–Trinajstić information content (AvgIpc) is 2.17. The van der Waals surface area contributed by atoms with Crippen LogP contribution in [0.15, 0.2) is 0 Å². The third kappa shape index (κ3) is 4.07. The minimum Gasteiger partial charge on any atom is -0.396 e. The molecule has 3 heteroatoms. The summed E-state index contributed by atoms with van der Waals surface area (Å²) in [6.07, 6.45) is 4.70. The van der Waals surface area contributed by atoms with Crippen LogP contribution in [-0.2, 0) is 0 Å². The molecule has 0 radical (unpaired) electrons. The summed E-state index contributed by atoms with van der Waals surface area (Å²) in [6, 6.07) is 0. The van der Waals surface area contributed by atoms with Gasteiger partial charge in [-0.25, -0.2) is 0 Å². The number of aliphatic hydroxyl groups excluding tert-OH is 1. The van der Waals surface area contributed by atoms with E-state index in [1.54, 1.807) is 0 Å². The molecule has 3 N–H and O–H groups in total. The van der Waals surface area contributed by atoms with E-state index in [2.05, 4.69) is 4.90 Å². The van der Waals surface area contributed by atoms with Crippen LogP contribution in [0.1, 0.15) is 25.7 Å². The number of aliphatic hydroxyl groups is 1. The number of likely N-dealkylation sites (tertiary alicyclic amines) is 1. The molecule has 0 aliphatic carbocycles. The molecule has 0 aromatic carbocycles. The van der Waals surface area contributed by atoms with Crippen LogP contribution in [0.5, 0.6) is 0 Å². The maximum absolute atomic E-state index is 8.69. The molecular formula is C10H22N2O. The highest BCUT2D eigenvalue weighted by molar-refractivity contribution is 4.72. The van der Waals surface area contributed by atoms with Gasteiger partial charge in [-0.1, -0.05) is 0 Å². The lowest BCUT2D eigenvalue weighted by Gasteiger charge is -2.31. The van der Waals surface area contributed by atoms with Crippen molar-refractivity contribution in [1.82, 2.24) is 4.90 Å². The molecule has 0 atom stereocenters. The molecule has 78 valence electrons. The number of rotatable bonds is 5. The number of piperidine rings is 1. The molecule has 1 aliphatic rings. The first-order chi connectivity index (χ1) is 6.36. The van der Waals surface area contributed by atoms with Crippen molar-refractivity contribution >= 4 is 0 Å². The fourth-order valence-corrected chi connectivity index (χ4v) is 2.03. The molecule has 1 rings (SSSR count). The van der Waals surface area contributed by atoms with Gasteiger partial charge in [-0.15, -0.1) is 0 Å². The molecule has 0 spiro atoms. The number of hydrogen-bond acceptors (Lipinski definition) is 3. The van der Waals surface area contributed by atoms with Gasteiger partial charge in [0.25, 0.3) is 0 Å². The third-order valence-corrected chi connectivity index (χ3v) is 2.91. The molecule has 1 aliphatic heterocycles. The van der Waals surface area contributed by atoms with E-state index in [1.807, 2.05) is 0 Å². The highest BCUT2D eigenvalue weighted by Crippen LogP contribution is 2.19. The summed E-state index contributed by atoms with van der Waals surface area (Å²) < 4.78 is 0. The first-order valence-corrected chi connectivity index (χ1v) is 5.40. The molecule has 1 saturated heterocycles. The molecule has 1 heterocycles. The Morgan fingerprint density at radius 3 is 2.54 bits per heavy atom. The van der Waals surface area contributed by atoms with E-state index in [1.165, 1.54) is 32.4 Å². The second-order valence-electron chi connectivity index (χ2n) is 3.94. The number of hydrogen-bond donors (Lipinski definition) is 2. The van der Waals surface area contributed by atoms with E-state index in [9.17, 15) is 0 Å². The molecule has 0 aromatic heterocycles. The average molecular weight is 186 g/mol. The second-order valence-corrected chi connectivity index (χ2v) is 3.94. The summed E-state index contributed by atoms with van der Waals surface area (Å²) in [6.45, 7) is 4.62. The fraction of sp³-hybridized carbons (Fsp3) is 1.00. The van der Waals surface area contributed by atoms with Crippen molar-refractivity contribution in [1.29, 1.82) is 0 Å². The van der Waals surface area contributed by atoms with Gasteiger partial charge in [0.05, 0.1) is 0 Å². The van der Waals surface area contributed by atoms with Crippen molar-refractivity contribution in [2.45, 2.75) is 25.7 Å². The summed E-state index contributed by atoms with van der Waals surface area (Å²) in [5, 5.41) is 8.69. The van der Waals surface area contributed by atoms with Gasteiger partial charge < -0.3 is 15.7 Å². The summed E-state index contributed by atoms with van der Waals surface area (Å²) in [5.41, 5.74) is 5.53. The third-order valence-electron chi connectivity index (χ3n) is 2.91. The molecule has 3 nitrogen and oxygen atoms in total. The monoisotopic (exact) mass is 186 g/mol. The normalized spacial score (nSPS) is 20.8. The predicted octanol–water partition coefficient (Wildman–Crippen LogP) is 0.430. The van der Waals surface area contributed by atoms with E-state index >= 15 is 0 Å². The van der Waals surface area contributed by atoms with Gasteiger partial charge in [0.1, 0.15) is 0 Å². The largest absolute Gasteiger partial charge is 0.396 e. The minimum absolute atomic E-state index is 0.322. The van der Waals surface area contributed by atoms with E-state index in [0.29, 0.717) is 6.61 Å². The van der Waals surface area contributed by atoms with Gasteiger partial charge in [-0.3, -0.25) is 0 Å². The lowest BCUT2D eigenvalue weighted by atomic mass is 9.93.